The molecule has 0 heterocycles. The van der Waals surface area contributed by atoms with Crippen molar-refractivity contribution >= 4 is 40.8 Å². The molecule has 0 fully saturated rings. The van der Waals surface area contributed by atoms with Gasteiger partial charge in [-0.15, -0.1) is 0 Å². The molecule has 0 aliphatic carbocycles. The van der Waals surface area contributed by atoms with Crippen LogP contribution in [0.25, 0.3) is 0 Å². The Balaban J connectivity index is 2.68. The Kier molecular flexibility index (Phi) is 5.68. The van der Waals surface area contributed by atoms with Crippen LogP contribution in [0.1, 0.15) is 6.92 Å². The van der Waals surface area contributed by atoms with Crippen molar-refractivity contribution in [3.05, 3.63) is 40.4 Å². The van der Waals surface area contributed by atoms with Crippen LogP contribution in [0.3, 0.4) is 0 Å². The third-order valence-corrected chi connectivity index (χ3v) is 2.50. The van der Waals surface area contributed by atoms with Crippen molar-refractivity contribution in [1.29, 1.82) is 0 Å². The largest absolute Gasteiger partial charge is 0.463 e. The van der Waals surface area contributed by atoms with Crippen LogP contribution >= 0.6 is 23.2 Å². The van der Waals surface area contributed by atoms with Crippen LogP contribution in [0.15, 0.2) is 30.4 Å². The molecular formula is C12H11Cl2NO3. The molecule has 0 saturated carbocycles. The topological polar surface area (TPSA) is 55.4 Å². The molecule has 0 saturated heterocycles. The van der Waals surface area contributed by atoms with Gasteiger partial charge in [0.2, 0.25) is 5.91 Å². The summed E-state index contributed by atoms with van der Waals surface area (Å²) in [5.41, 5.74) is 0.305. The van der Waals surface area contributed by atoms with E-state index in [1.165, 1.54) is 0 Å². The lowest BCUT2D eigenvalue weighted by Crippen LogP contribution is -2.10. The Labute approximate surface area is 115 Å². The van der Waals surface area contributed by atoms with E-state index in [4.69, 9.17) is 23.2 Å². The maximum absolute atomic E-state index is 11.5. The molecule has 0 aliphatic rings. The standard InChI is InChI=1S/C12H11Cl2NO3/c1-2-18-11(17)7-6-10(16)15-12-8(13)4-3-5-9(12)14/h3-7H,2H2,1H3,(H,15,16)/b7-6+. The zero-order valence-corrected chi connectivity index (χ0v) is 11.1. The van der Waals surface area contributed by atoms with E-state index in [1.54, 1.807) is 25.1 Å². The number of anilines is 1. The number of benzene rings is 1. The third kappa shape index (κ3) is 4.39. The lowest BCUT2D eigenvalue weighted by atomic mass is 10.3. The Bertz CT molecular complexity index is 466. The van der Waals surface area contributed by atoms with Gasteiger partial charge >= 0.3 is 5.97 Å². The number of para-hydroxylation sites is 1. The molecule has 1 N–H and O–H groups in total. The lowest BCUT2D eigenvalue weighted by Gasteiger charge is -2.06. The maximum atomic E-state index is 11.5. The van der Waals surface area contributed by atoms with E-state index in [2.05, 4.69) is 10.1 Å². The second kappa shape index (κ2) is 7.03. The first kappa shape index (κ1) is 14.5. The summed E-state index contributed by atoms with van der Waals surface area (Å²) >= 11 is 11.7. The number of ether oxygens (including phenoxy) is 1. The number of esters is 1. The summed E-state index contributed by atoms with van der Waals surface area (Å²) in [5, 5.41) is 3.12. The molecule has 0 unspecified atom stereocenters. The minimum Gasteiger partial charge on any atom is -0.463 e. The highest BCUT2D eigenvalue weighted by molar-refractivity contribution is 6.39. The average molecular weight is 288 g/mol. The Morgan fingerprint density at radius 1 is 1.28 bits per heavy atom. The van der Waals surface area contributed by atoms with Crippen LogP contribution < -0.4 is 5.32 Å². The van der Waals surface area contributed by atoms with Gasteiger partial charge in [-0.3, -0.25) is 4.79 Å². The highest BCUT2D eigenvalue weighted by Crippen LogP contribution is 2.29. The van der Waals surface area contributed by atoms with Crippen molar-refractivity contribution in [2.45, 2.75) is 6.92 Å². The minimum absolute atomic E-state index is 0.251. The summed E-state index contributed by atoms with van der Waals surface area (Å²) in [5.74, 6) is -1.10. The molecule has 0 spiro atoms. The summed E-state index contributed by atoms with van der Waals surface area (Å²) in [6, 6.07) is 4.85. The van der Waals surface area contributed by atoms with Crippen LogP contribution in [-0.4, -0.2) is 18.5 Å². The average Bonchev–Trinajstić information content (AvgIpc) is 2.32. The molecule has 0 aliphatic heterocycles. The van der Waals surface area contributed by atoms with E-state index in [-0.39, 0.29) is 6.61 Å². The molecule has 0 atom stereocenters. The number of hydrogen-bond acceptors (Lipinski definition) is 3. The van der Waals surface area contributed by atoms with Gasteiger partial charge in [-0.05, 0) is 19.1 Å². The molecular weight excluding hydrogens is 277 g/mol. The number of halogens is 2. The molecule has 0 bridgehead atoms. The number of rotatable bonds is 4. The molecule has 1 aromatic rings. The number of hydrogen-bond donors (Lipinski definition) is 1. The van der Waals surface area contributed by atoms with E-state index in [1.807, 2.05) is 0 Å². The van der Waals surface area contributed by atoms with E-state index in [0.717, 1.165) is 12.2 Å². The minimum atomic E-state index is -0.585. The molecule has 4 nitrogen and oxygen atoms in total. The highest BCUT2D eigenvalue weighted by Gasteiger charge is 2.07. The molecule has 96 valence electrons. The van der Waals surface area contributed by atoms with Crippen molar-refractivity contribution in [3.63, 3.8) is 0 Å². The fraction of sp³-hybridized carbons (Fsp3) is 0.167. The van der Waals surface area contributed by atoms with Gasteiger partial charge in [0.25, 0.3) is 0 Å². The quantitative estimate of drug-likeness (QED) is 0.684. The molecule has 0 radical (unpaired) electrons. The van der Waals surface area contributed by atoms with Gasteiger partial charge in [0.15, 0.2) is 0 Å². The number of amides is 1. The van der Waals surface area contributed by atoms with Crippen molar-refractivity contribution in [2.75, 3.05) is 11.9 Å². The van der Waals surface area contributed by atoms with E-state index in [0.29, 0.717) is 15.7 Å². The fourth-order valence-electron chi connectivity index (χ4n) is 1.12. The summed E-state index contributed by atoms with van der Waals surface area (Å²) in [6.07, 6.45) is 2.08. The van der Waals surface area contributed by atoms with Crippen molar-refractivity contribution in [3.8, 4) is 0 Å². The smallest absolute Gasteiger partial charge is 0.330 e. The second-order valence-electron chi connectivity index (χ2n) is 3.17. The maximum Gasteiger partial charge on any atom is 0.330 e. The van der Waals surface area contributed by atoms with Crippen LogP contribution in [0.5, 0.6) is 0 Å². The number of carbonyl (C=O) groups excluding carboxylic acids is 2. The predicted octanol–water partition coefficient (Wildman–Crippen LogP) is 3.05. The third-order valence-electron chi connectivity index (χ3n) is 1.87. The Morgan fingerprint density at radius 2 is 1.89 bits per heavy atom. The van der Waals surface area contributed by atoms with Crippen molar-refractivity contribution in [2.24, 2.45) is 0 Å². The highest BCUT2D eigenvalue weighted by atomic mass is 35.5. The number of nitrogens with one attached hydrogen (secondary N) is 1. The SMILES string of the molecule is CCOC(=O)/C=C/C(=O)Nc1c(Cl)cccc1Cl. The molecule has 18 heavy (non-hydrogen) atoms. The first-order valence-electron chi connectivity index (χ1n) is 5.14. The summed E-state index contributed by atoms with van der Waals surface area (Å²) < 4.78 is 4.63. The van der Waals surface area contributed by atoms with Gasteiger partial charge in [0, 0.05) is 12.2 Å². The normalized spacial score (nSPS) is 10.4. The molecule has 1 aromatic carbocycles. The van der Waals surface area contributed by atoms with Crippen molar-refractivity contribution < 1.29 is 14.3 Å². The first-order chi connectivity index (χ1) is 8.54. The molecule has 1 rings (SSSR count). The van der Waals surface area contributed by atoms with Gasteiger partial charge in [0.05, 0.1) is 22.3 Å². The molecule has 1 amide bonds. The zero-order chi connectivity index (χ0) is 13.5. The second-order valence-corrected chi connectivity index (χ2v) is 3.99. The number of carbonyl (C=O) groups is 2. The van der Waals surface area contributed by atoms with Crippen LogP contribution in [0.4, 0.5) is 5.69 Å². The molecule has 0 aromatic heterocycles. The van der Waals surface area contributed by atoms with Gasteiger partial charge in [0.1, 0.15) is 0 Å². The summed E-state index contributed by atoms with van der Waals surface area (Å²) in [7, 11) is 0. The van der Waals surface area contributed by atoms with Crippen molar-refractivity contribution in [1.82, 2.24) is 0 Å². The fourth-order valence-corrected chi connectivity index (χ4v) is 1.61. The van der Waals surface area contributed by atoms with E-state index in [9.17, 15) is 9.59 Å². The lowest BCUT2D eigenvalue weighted by molar-refractivity contribution is -0.137. The van der Waals surface area contributed by atoms with E-state index < -0.39 is 11.9 Å². The van der Waals surface area contributed by atoms with Crippen LogP contribution in [0.2, 0.25) is 10.0 Å². The van der Waals surface area contributed by atoms with Gasteiger partial charge in [-0.1, -0.05) is 29.3 Å². The Morgan fingerprint density at radius 3 is 2.44 bits per heavy atom. The van der Waals surface area contributed by atoms with Gasteiger partial charge in [-0.25, -0.2) is 4.79 Å². The Hall–Kier alpha value is -1.52. The van der Waals surface area contributed by atoms with Crippen LogP contribution in [-0.2, 0) is 14.3 Å². The van der Waals surface area contributed by atoms with Gasteiger partial charge < -0.3 is 10.1 Å². The monoisotopic (exact) mass is 287 g/mol. The van der Waals surface area contributed by atoms with Crippen LogP contribution in [0, 0.1) is 0 Å². The van der Waals surface area contributed by atoms with E-state index >= 15 is 0 Å². The summed E-state index contributed by atoms with van der Waals surface area (Å²) in [6.45, 7) is 1.93. The zero-order valence-electron chi connectivity index (χ0n) is 9.57. The van der Waals surface area contributed by atoms with Gasteiger partial charge in [-0.2, -0.15) is 0 Å². The first-order valence-corrected chi connectivity index (χ1v) is 5.90. The summed E-state index contributed by atoms with van der Waals surface area (Å²) in [4.78, 5) is 22.5. The predicted molar refractivity (Wildman–Crippen MR) is 70.9 cm³/mol. The molecule has 6 heteroatoms.